The summed E-state index contributed by atoms with van der Waals surface area (Å²) < 4.78 is 13.2. The zero-order chi connectivity index (χ0) is 15.3. The van der Waals surface area contributed by atoms with Gasteiger partial charge in [-0.1, -0.05) is 0 Å². The molecule has 0 saturated heterocycles. The van der Waals surface area contributed by atoms with Crippen LogP contribution in [0.4, 0.5) is 14.9 Å². The van der Waals surface area contributed by atoms with E-state index in [1.54, 1.807) is 34.0 Å². The summed E-state index contributed by atoms with van der Waals surface area (Å²) in [5, 5.41) is 5.12. The van der Waals surface area contributed by atoms with Gasteiger partial charge < -0.3 is 15.5 Å². The standard InChI is InChI=1S/C14H20FN3O2/c1-9-5-11(15)8-12(6-9)17-14(20)18(4)10(2)7-13(19)16-3/h5-6,8,10H,7H2,1-4H3,(H,16,19)(H,17,20)/t10-/m0/s1. The van der Waals surface area contributed by atoms with Crippen LogP contribution < -0.4 is 10.6 Å². The summed E-state index contributed by atoms with van der Waals surface area (Å²) in [4.78, 5) is 24.7. The average Bonchev–Trinajstić information content (AvgIpc) is 2.36. The van der Waals surface area contributed by atoms with Crippen molar-refractivity contribution in [3.8, 4) is 0 Å². The Hall–Kier alpha value is -2.11. The van der Waals surface area contributed by atoms with Crippen molar-refractivity contribution < 1.29 is 14.0 Å². The molecule has 110 valence electrons. The van der Waals surface area contributed by atoms with Crippen molar-refractivity contribution in [3.05, 3.63) is 29.6 Å². The first kappa shape index (κ1) is 15.9. The zero-order valence-electron chi connectivity index (χ0n) is 12.2. The van der Waals surface area contributed by atoms with Crippen LogP contribution in [0.5, 0.6) is 0 Å². The molecule has 0 unspecified atom stereocenters. The number of aryl methyl sites for hydroxylation is 1. The Morgan fingerprint density at radius 2 is 2.00 bits per heavy atom. The highest BCUT2D eigenvalue weighted by Gasteiger charge is 2.18. The highest BCUT2D eigenvalue weighted by atomic mass is 19.1. The van der Waals surface area contributed by atoms with E-state index in [0.29, 0.717) is 5.69 Å². The molecule has 1 rings (SSSR count). The Balaban J connectivity index is 2.67. The summed E-state index contributed by atoms with van der Waals surface area (Å²) >= 11 is 0. The van der Waals surface area contributed by atoms with Gasteiger partial charge in [0, 0.05) is 32.2 Å². The molecule has 6 heteroatoms. The van der Waals surface area contributed by atoms with Crippen LogP contribution in [0.25, 0.3) is 0 Å². The lowest BCUT2D eigenvalue weighted by Gasteiger charge is -2.24. The summed E-state index contributed by atoms with van der Waals surface area (Å²) in [5.41, 5.74) is 1.12. The van der Waals surface area contributed by atoms with Crippen LogP contribution in [-0.4, -0.2) is 37.0 Å². The van der Waals surface area contributed by atoms with E-state index in [9.17, 15) is 14.0 Å². The van der Waals surface area contributed by atoms with Crippen LogP contribution in [0.15, 0.2) is 18.2 Å². The number of rotatable bonds is 4. The molecule has 1 aromatic carbocycles. The van der Waals surface area contributed by atoms with E-state index in [1.807, 2.05) is 0 Å². The monoisotopic (exact) mass is 281 g/mol. The number of amides is 3. The molecule has 0 aromatic heterocycles. The van der Waals surface area contributed by atoms with Gasteiger partial charge in [0.2, 0.25) is 5.91 Å². The van der Waals surface area contributed by atoms with Gasteiger partial charge in [0.05, 0.1) is 0 Å². The van der Waals surface area contributed by atoms with Crippen LogP contribution in [0.1, 0.15) is 18.9 Å². The van der Waals surface area contributed by atoms with Gasteiger partial charge in [-0.05, 0) is 37.6 Å². The third kappa shape index (κ3) is 4.53. The van der Waals surface area contributed by atoms with Crippen molar-refractivity contribution in [2.75, 3.05) is 19.4 Å². The average molecular weight is 281 g/mol. The first-order valence-electron chi connectivity index (χ1n) is 6.35. The predicted octanol–water partition coefficient (Wildman–Crippen LogP) is 2.12. The lowest BCUT2D eigenvalue weighted by atomic mass is 10.2. The molecule has 0 fully saturated rings. The number of benzene rings is 1. The van der Waals surface area contributed by atoms with Crippen LogP contribution in [0.2, 0.25) is 0 Å². The number of nitrogens with one attached hydrogen (secondary N) is 2. The topological polar surface area (TPSA) is 61.4 Å². The quantitative estimate of drug-likeness (QED) is 0.888. The molecule has 0 aliphatic heterocycles. The number of hydrogen-bond donors (Lipinski definition) is 2. The van der Waals surface area contributed by atoms with Gasteiger partial charge in [0.25, 0.3) is 0 Å². The van der Waals surface area contributed by atoms with Crippen LogP contribution >= 0.6 is 0 Å². The normalized spacial score (nSPS) is 11.7. The van der Waals surface area contributed by atoms with Crippen LogP contribution in [0, 0.1) is 12.7 Å². The molecule has 2 N–H and O–H groups in total. The molecular weight excluding hydrogens is 261 g/mol. The minimum absolute atomic E-state index is 0.140. The highest BCUT2D eigenvalue weighted by Crippen LogP contribution is 2.14. The minimum atomic E-state index is -0.402. The summed E-state index contributed by atoms with van der Waals surface area (Å²) in [7, 11) is 3.14. The third-order valence-electron chi connectivity index (χ3n) is 3.03. The predicted molar refractivity (Wildman–Crippen MR) is 76.1 cm³/mol. The molecule has 0 radical (unpaired) electrons. The van der Waals surface area contributed by atoms with Gasteiger partial charge in [0.1, 0.15) is 5.82 Å². The number of urea groups is 1. The number of carbonyl (C=O) groups is 2. The number of carbonyl (C=O) groups excluding carboxylic acids is 2. The van der Waals surface area contributed by atoms with E-state index in [2.05, 4.69) is 10.6 Å². The first-order chi connectivity index (χ1) is 9.33. The molecular formula is C14H20FN3O2. The molecule has 0 aliphatic carbocycles. The second kappa shape index (κ2) is 6.88. The first-order valence-corrected chi connectivity index (χ1v) is 6.35. The van der Waals surface area contributed by atoms with E-state index in [-0.39, 0.29) is 24.4 Å². The van der Waals surface area contributed by atoms with Crippen molar-refractivity contribution in [1.82, 2.24) is 10.2 Å². The Labute approximate surface area is 118 Å². The van der Waals surface area contributed by atoms with Gasteiger partial charge in [-0.2, -0.15) is 0 Å². The fraction of sp³-hybridized carbons (Fsp3) is 0.429. The van der Waals surface area contributed by atoms with Gasteiger partial charge in [-0.3, -0.25) is 4.79 Å². The second-order valence-corrected chi connectivity index (χ2v) is 4.78. The number of hydrogen-bond acceptors (Lipinski definition) is 2. The van der Waals surface area contributed by atoms with Gasteiger partial charge in [-0.25, -0.2) is 9.18 Å². The fourth-order valence-electron chi connectivity index (χ4n) is 1.73. The van der Waals surface area contributed by atoms with E-state index < -0.39 is 5.82 Å². The molecule has 20 heavy (non-hydrogen) atoms. The Morgan fingerprint density at radius 3 is 2.55 bits per heavy atom. The van der Waals surface area contributed by atoms with Gasteiger partial charge >= 0.3 is 6.03 Å². The van der Waals surface area contributed by atoms with E-state index in [1.165, 1.54) is 17.0 Å². The number of halogens is 1. The molecule has 0 bridgehead atoms. The maximum atomic E-state index is 13.2. The minimum Gasteiger partial charge on any atom is -0.359 e. The van der Waals surface area contributed by atoms with Crippen molar-refractivity contribution in [3.63, 3.8) is 0 Å². The largest absolute Gasteiger partial charge is 0.359 e. The molecule has 5 nitrogen and oxygen atoms in total. The fourth-order valence-corrected chi connectivity index (χ4v) is 1.73. The SMILES string of the molecule is CNC(=O)C[C@H](C)N(C)C(=O)Nc1cc(C)cc(F)c1. The number of anilines is 1. The van der Waals surface area contributed by atoms with Gasteiger partial charge in [-0.15, -0.1) is 0 Å². The summed E-state index contributed by atoms with van der Waals surface area (Å²) in [6.45, 7) is 3.52. The van der Waals surface area contributed by atoms with Crippen molar-refractivity contribution in [1.29, 1.82) is 0 Å². The lowest BCUT2D eigenvalue weighted by molar-refractivity contribution is -0.121. The van der Waals surface area contributed by atoms with Crippen molar-refractivity contribution >= 4 is 17.6 Å². The molecule has 0 saturated carbocycles. The number of nitrogens with zero attached hydrogens (tertiary/aromatic N) is 1. The van der Waals surface area contributed by atoms with E-state index in [0.717, 1.165) is 5.56 Å². The Kier molecular flexibility index (Phi) is 5.49. The summed E-state index contributed by atoms with van der Waals surface area (Å²) in [6.07, 6.45) is 0.211. The molecule has 0 heterocycles. The Bertz CT molecular complexity index is 485. The maximum Gasteiger partial charge on any atom is 0.321 e. The molecule has 1 aromatic rings. The summed E-state index contributed by atoms with van der Waals surface area (Å²) in [5.74, 6) is -0.542. The smallest absolute Gasteiger partial charge is 0.321 e. The van der Waals surface area contributed by atoms with Crippen LogP contribution in [-0.2, 0) is 4.79 Å². The molecule has 3 amide bonds. The lowest BCUT2D eigenvalue weighted by Crippen LogP contribution is -2.40. The molecule has 0 aliphatic rings. The molecule has 1 atom stereocenters. The highest BCUT2D eigenvalue weighted by molar-refractivity contribution is 5.89. The third-order valence-corrected chi connectivity index (χ3v) is 3.03. The molecule has 0 spiro atoms. The van der Waals surface area contributed by atoms with Crippen LogP contribution in [0.3, 0.4) is 0 Å². The van der Waals surface area contributed by atoms with E-state index in [4.69, 9.17) is 0 Å². The summed E-state index contributed by atoms with van der Waals surface area (Å²) in [6, 6.07) is 3.67. The van der Waals surface area contributed by atoms with E-state index >= 15 is 0 Å². The second-order valence-electron chi connectivity index (χ2n) is 4.78. The van der Waals surface area contributed by atoms with Crippen molar-refractivity contribution in [2.24, 2.45) is 0 Å². The van der Waals surface area contributed by atoms with Gasteiger partial charge in [0.15, 0.2) is 0 Å². The van der Waals surface area contributed by atoms with Crippen molar-refractivity contribution in [2.45, 2.75) is 26.3 Å². The zero-order valence-corrected chi connectivity index (χ0v) is 12.2. The Morgan fingerprint density at radius 1 is 1.35 bits per heavy atom. The maximum absolute atomic E-state index is 13.2.